The number of ether oxygens (including phenoxy) is 2. The van der Waals surface area contributed by atoms with E-state index in [2.05, 4.69) is 5.32 Å². The molecule has 0 unspecified atom stereocenters. The number of methoxy groups -OCH3 is 1. The van der Waals surface area contributed by atoms with Crippen LogP contribution in [0.4, 0.5) is 0 Å². The summed E-state index contributed by atoms with van der Waals surface area (Å²) in [4.78, 5) is 12.1. The van der Waals surface area contributed by atoms with E-state index in [4.69, 9.17) is 9.47 Å². The van der Waals surface area contributed by atoms with E-state index in [0.717, 1.165) is 16.7 Å². The molecule has 0 aliphatic heterocycles. The van der Waals surface area contributed by atoms with Gasteiger partial charge < -0.3 is 14.8 Å². The Morgan fingerprint density at radius 1 is 0.931 bits per heavy atom. The summed E-state index contributed by atoms with van der Waals surface area (Å²) in [5.41, 5.74) is 4.22. The topological polar surface area (TPSA) is 47.6 Å². The lowest BCUT2D eigenvalue weighted by atomic mass is 10.1. The molecule has 4 nitrogen and oxygen atoms in total. The van der Waals surface area contributed by atoms with Crippen LogP contribution in [0, 0.1) is 6.92 Å². The third kappa shape index (κ3) is 6.25. The molecule has 0 radical (unpaired) electrons. The van der Waals surface area contributed by atoms with Gasteiger partial charge in [-0.25, -0.2) is 0 Å². The van der Waals surface area contributed by atoms with Crippen LogP contribution >= 0.6 is 0 Å². The van der Waals surface area contributed by atoms with Gasteiger partial charge in [-0.2, -0.15) is 0 Å². The average molecular weight is 387 g/mol. The minimum Gasteiger partial charge on any atom is -0.493 e. The van der Waals surface area contributed by atoms with Crippen LogP contribution in [0.2, 0.25) is 0 Å². The summed E-state index contributed by atoms with van der Waals surface area (Å²) in [5.74, 6) is 1.15. The van der Waals surface area contributed by atoms with Crippen molar-refractivity contribution in [2.45, 2.75) is 20.1 Å². The Morgan fingerprint density at radius 2 is 1.69 bits per heavy atom. The molecule has 0 aromatic heterocycles. The van der Waals surface area contributed by atoms with E-state index in [1.807, 2.05) is 79.7 Å². The number of amides is 1. The van der Waals surface area contributed by atoms with Crippen molar-refractivity contribution in [2.24, 2.45) is 0 Å². The average Bonchev–Trinajstić information content (AvgIpc) is 2.76. The molecule has 0 fully saturated rings. The molecule has 148 valence electrons. The SMILES string of the molecule is COc1cc(/C=C\C(=O)NCc2ccc(C)cc2)ccc1OCc1ccccc1. The molecule has 0 aliphatic carbocycles. The zero-order chi connectivity index (χ0) is 20.5. The number of rotatable bonds is 8. The number of hydrogen-bond acceptors (Lipinski definition) is 3. The van der Waals surface area contributed by atoms with Crippen molar-refractivity contribution in [1.29, 1.82) is 0 Å². The maximum atomic E-state index is 12.1. The molecule has 0 saturated carbocycles. The van der Waals surface area contributed by atoms with Crippen LogP contribution in [-0.4, -0.2) is 13.0 Å². The molecule has 0 saturated heterocycles. The lowest BCUT2D eigenvalue weighted by molar-refractivity contribution is -0.116. The van der Waals surface area contributed by atoms with E-state index in [1.165, 1.54) is 11.6 Å². The van der Waals surface area contributed by atoms with Crippen LogP contribution in [0.5, 0.6) is 11.5 Å². The zero-order valence-corrected chi connectivity index (χ0v) is 16.7. The van der Waals surface area contributed by atoms with Gasteiger partial charge in [0.2, 0.25) is 5.91 Å². The van der Waals surface area contributed by atoms with Crippen molar-refractivity contribution in [3.05, 3.63) is 101 Å². The Kier molecular flexibility index (Phi) is 7.06. The number of carbonyl (C=O) groups is 1. The largest absolute Gasteiger partial charge is 0.493 e. The first-order valence-electron chi connectivity index (χ1n) is 9.50. The van der Waals surface area contributed by atoms with Gasteiger partial charge in [-0.1, -0.05) is 66.2 Å². The zero-order valence-electron chi connectivity index (χ0n) is 16.7. The number of nitrogens with one attached hydrogen (secondary N) is 1. The van der Waals surface area contributed by atoms with Crippen LogP contribution < -0.4 is 14.8 Å². The standard InChI is InChI=1S/C25H25NO3/c1-19-8-10-21(11-9-19)17-26-25(27)15-13-20-12-14-23(24(16-20)28-2)29-18-22-6-4-3-5-7-22/h3-16H,17-18H2,1-2H3,(H,26,27)/b15-13-. The fourth-order valence-corrected chi connectivity index (χ4v) is 2.77. The molecule has 0 heterocycles. The highest BCUT2D eigenvalue weighted by Gasteiger charge is 2.06. The molecule has 1 amide bonds. The van der Waals surface area contributed by atoms with Gasteiger partial charge in [0, 0.05) is 12.6 Å². The molecule has 3 rings (SSSR count). The number of benzene rings is 3. The van der Waals surface area contributed by atoms with Gasteiger partial charge in [0.05, 0.1) is 7.11 Å². The molecule has 3 aromatic carbocycles. The summed E-state index contributed by atoms with van der Waals surface area (Å²) in [6.07, 6.45) is 3.28. The summed E-state index contributed by atoms with van der Waals surface area (Å²) in [7, 11) is 1.60. The summed E-state index contributed by atoms with van der Waals surface area (Å²) in [5, 5.41) is 2.89. The Balaban J connectivity index is 1.57. The van der Waals surface area contributed by atoms with Gasteiger partial charge in [-0.15, -0.1) is 0 Å². The van der Waals surface area contributed by atoms with E-state index >= 15 is 0 Å². The van der Waals surface area contributed by atoms with E-state index in [1.54, 1.807) is 13.2 Å². The minimum atomic E-state index is -0.144. The van der Waals surface area contributed by atoms with Crippen molar-refractivity contribution < 1.29 is 14.3 Å². The molecule has 0 aliphatic rings. The molecule has 4 heteroatoms. The van der Waals surface area contributed by atoms with E-state index in [0.29, 0.717) is 24.7 Å². The highest BCUT2D eigenvalue weighted by molar-refractivity contribution is 5.91. The fraction of sp³-hybridized carbons (Fsp3) is 0.160. The van der Waals surface area contributed by atoms with E-state index in [-0.39, 0.29) is 5.91 Å². The minimum absolute atomic E-state index is 0.144. The second kappa shape index (κ2) is 10.1. The first kappa shape index (κ1) is 20.2. The number of carbonyl (C=O) groups excluding carboxylic acids is 1. The van der Waals surface area contributed by atoms with Crippen molar-refractivity contribution in [3.63, 3.8) is 0 Å². The van der Waals surface area contributed by atoms with Crippen LogP contribution in [0.15, 0.2) is 78.9 Å². The molecule has 0 atom stereocenters. The lowest BCUT2D eigenvalue weighted by Gasteiger charge is -2.11. The Morgan fingerprint density at radius 3 is 2.41 bits per heavy atom. The monoisotopic (exact) mass is 387 g/mol. The molecule has 29 heavy (non-hydrogen) atoms. The molecule has 1 N–H and O–H groups in total. The predicted octanol–water partition coefficient (Wildman–Crippen LogP) is 4.91. The second-order valence-electron chi connectivity index (χ2n) is 6.72. The van der Waals surface area contributed by atoms with Crippen LogP contribution in [-0.2, 0) is 17.9 Å². The predicted molar refractivity (Wildman–Crippen MR) is 116 cm³/mol. The Bertz CT molecular complexity index is 963. The van der Waals surface area contributed by atoms with Crippen molar-refractivity contribution >= 4 is 12.0 Å². The van der Waals surface area contributed by atoms with E-state index < -0.39 is 0 Å². The van der Waals surface area contributed by atoms with Crippen molar-refractivity contribution in [1.82, 2.24) is 5.32 Å². The van der Waals surface area contributed by atoms with Crippen LogP contribution in [0.1, 0.15) is 22.3 Å². The third-order valence-corrected chi connectivity index (χ3v) is 4.44. The van der Waals surface area contributed by atoms with E-state index in [9.17, 15) is 4.79 Å². The second-order valence-corrected chi connectivity index (χ2v) is 6.72. The molecular weight excluding hydrogens is 362 g/mol. The smallest absolute Gasteiger partial charge is 0.244 e. The number of aryl methyl sites for hydroxylation is 1. The highest BCUT2D eigenvalue weighted by atomic mass is 16.5. The lowest BCUT2D eigenvalue weighted by Crippen LogP contribution is -2.20. The number of hydrogen-bond donors (Lipinski definition) is 1. The Hall–Kier alpha value is -3.53. The maximum absolute atomic E-state index is 12.1. The van der Waals surface area contributed by atoms with Gasteiger partial charge in [0.15, 0.2) is 11.5 Å². The summed E-state index contributed by atoms with van der Waals surface area (Å²) >= 11 is 0. The van der Waals surface area contributed by atoms with Crippen molar-refractivity contribution in [3.8, 4) is 11.5 Å². The fourth-order valence-electron chi connectivity index (χ4n) is 2.77. The van der Waals surface area contributed by atoms with Crippen LogP contribution in [0.25, 0.3) is 6.08 Å². The molecule has 0 spiro atoms. The third-order valence-electron chi connectivity index (χ3n) is 4.44. The molecule has 3 aromatic rings. The molecular formula is C25H25NO3. The van der Waals surface area contributed by atoms with Gasteiger partial charge in [-0.3, -0.25) is 4.79 Å². The van der Waals surface area contributed by atoms with Crippen molar-refractivity contribution in [2.75, 3.05) is 7.11 Å². The molecule has 0 bridgehead atoms. The van der Waals surface area contributed by atoms with Gasteiger partial charge >= 0.3 is 0 Å². The summed E-state index contributed by atoms with van der Waals surface area (Å²) in [6, 6.07) is 23.6. The first-order valence-corrected chi connectivity index (χ1v) is 9.50. The quantitative estimate of drug-likeness (QED) is 0.559. The summed E-state index contributed by atoms with van der Waals surface area (Å²) in [6.45, 7) is 3.00. The van der Waals surface area contributed by atoms with Gasteiger partial charge in [0.25, 0.3) is 0 Å². The normalized spacial score (nSPS) is 10.7. The summed E-state index contributed by atoms with van der Waals surface area (Å²) < 4.78 is 11.3. The maximum Gasteiger partial charge on any atom is 0.244 e. The van der Waals surface area contributed by atoms with Gasteiger partial charge in [-0.05, 0) is 41.8 Å². The highest BCUT2D eigenvalue weighted by Crippen LogP contribution is 2.29. The van der Waals surface area contributed by atoms with Gasteiger partial charge in [0.1, 0.15) is 6.61 Å². The van der Waals surface area contributed by atoms with Crippen LogP contribution in [0.3, 0.4) is 0 Å². The first-order chi connectivity index (χ1) is 14.1. The Labute approximate surface area is 171 Å².